The van der Waals surface area contributed by atoms with Crippen molar-refractivity contribution in [3.63, 3.8) is 0 Å². The second-order valence-corrected chi connectivity index (χ2v) is 4.99. The van der Waals surface area contributed by atoms with Crippen molar-refractivity contribution in [2.45, 2.75) is 39.7 Å². The van der Waals surface area contributed by atoms with E-state index in [2.05, 4.69) is 41.7 Å². The molecule has 15 heavy (non-hydrogen) atoms. The summed E-state index contributed by atoms with van der Waals surface area (Å²) in [5.41, 5.74) is 1.19. The van der Waals surface area contributed by atoms with E-state index >= 15 is 0 Å². The Labute approximate surface area is 96.4 Å². The Bertz CT molecular complexity index is 302. The van der Waals surface area contributed by atoms with Crippen molar-refractivity contribution in [3.05, 3.63) is 28.2 Å². The molecule has 0 bridgehead atoms. The third-order valence-corrected chi connectivity index (χ3v) is 2.85. The number of hydrogen-bond acceptors (Lipinski definition) is 3. The highest BCUT2D eigenvalue weighted by Gasteiger charge is 1.94. The van der Waals surface area contributed by atoms with Gasteiger partial charge in [0.1, 0.15) is 0 Å². The van der Waals surface area contributed by atoms with Crippen LogP contribution < -0.4 is 5.32 Å². The van der Waals surface area contributed by atoms with Crippen LogP contribution in [-0.2, 0) is 6.42 Å². The highest BCUT2D eigenvalue weighted by atomic mass is 32.1. The minimum Gasteiger partial charge on any atom is -0.314 e. The molecule has 0 saturated heterocycles. The van der Waals surface area contributed by atoms with Gasteiger partial charge in [-0.05, 0) is 19.9 Å². The SMILES string of the molecule is Cc1nc(CC=CCCNC(C)C)cs1. The summed E-state index contributed by atoms with van der Waals surface area (Å²) < 4.78 is 0. The van der Waals surface area contributed by atoms with Crippen molar-refractivity contribution in [2.24, 2.45) is 0 Å². The Kier molecular flexibility index (Phi) is 5.58. The number of aryl methyl sites for hydroxylation is 1. The third-order valence-electron chi connectivity index (χ3n) is 2.02. The molecule has 2 nitrogen and oxygen atoms in total. The Morgan fingerprint density at radius 2 is 2.27 bits per heavy atom. The highest BCUT2D eigenvalue weighted by Crippen LogP contribution is 2.08. The molecule has 0 aliphatic carbocycles. The second-order valence-electron chi connectivity index (χ2n) is 3.93. The number of allylic oxidation sites excluding steroid dienone is 1. The lowest BCUT2D eigenvalue weighted by Crippen LogP contribution is -2.23. The van der Waals surface area contributed by atoms with Crippen molar-refractivity contribution < 1.29 is 0 Å². The quantitative estimate of drug-likeness (QED) is 0.593. The van der Waals surface area contributed by atoms with Gasteiger partial charge in [0, 0.05) is 17.8 Å². The van der Waals surface area contributed by atoms with Gasteiger partial charge in [-0.25, -0.2) is 4.98 Å². The molecule has 0 radical (unpaired) electrons. The molecule has 1 aromatic heterocycles. The van der Waals surface area contributed by atoms with Gasteiger partial charge in [-0.3, -0.25) is 0 Å². The summed E-state index contributed by atoms with van der Waals surface area (Å²) in [7, 11) is 0. The molecule has 1 N–H and O–H groups in total. The number of rotatable bonds is 6. The molecule has 84 valence electrons. The Balaban J connectivity index is 2.12. The van der Waals surface area contributed by atoms with Crippen LogP contribution >= 0.6 is 11.3 Å². The molecule has 0 amide bonds. The molecule has 0 unspecified atom stereocenters. The van der Waals surface area contributed by atoms with Gasteiger partial charge in [-0.15, -0.1) is 11.3 Å². The van der Waals surface area contributed by atoms with Crippen LogP contribution in [0.5, 0.6) is 0 Å². The first kappa shape index (κ1) is 12.4. The average molecular weight is 224 g/mol. The molecule has 0 fully saturated rings. The Hall–Kier alpha value is -0.670. The Morgan fingerprint density at radius 3 is 2.87 bits per heavy atom. The van der Waals surface area contributed by atoms with Crippen LogP contribution in [0.2, 0.25) is 0 Å². The summed E-state index contributed by atoms with van der Waals surface area (Å²) in [5, 5.41) is 6.67. The zero-order valence-electron chi connectivity index (χ0n) is 9.79. The predicted molar refractivity (Wildman–Crippen MR) is 67.5 cm³/mol. The van der Waals surface area contributed by atoms with Crippen molar-refractivity contribution in [2.75, 3.05) is 6.54 Å². The molecule has 0 aromatic carbocycles. The highest BCUT2D eigenvalue weighted by molar-refractivity contribution is 7.09. The van der Waals surface area contributed by atoms with Crippen molar-refractivity contribution in [3.8, 4) is 0 Å². The maximum atomic E-state index is 4.41. The fourth-order valence-electron chi connectivity index (χ4n) is 1.28. The molecule has 0 aliphatic rings. The van der Waals surface area contributed by atoms with E-state index < -0.39 is 0 Å². The van der Waals surface area contributed by atoms with Crippen LogP contribution in [0.15, 0.2) is 17.5 Å². The first-order chi connectivity index (χ1) is 7.18. The van der Waals surface area contributed by atoms with Gasteiger partial charge in [-0.1, -0.05) is 26.0 Å². The van der Waals surface area contributed by atoms with Gasteiger partial charge in [0.25, 0.3) is 0 Å². The van der Waals surface area contributed by atoms with Gasteiger partial charge in [0.15, 0.2) is 0 Å². The van der Waals surface area contributed by atoms with Gasteiger partial charge >= 0.3 is 0 Å². The number of aromatic nitrogens is 1. The van der Waals surface area contributed by atoms with E-state index in [1.807, 2.05) is 6.92 Å². The summed E-state index contributed by atoms with van der Waals surface area (Å²) >= 11 is 1.72. The average Bonchev–Trinajstić information content (AvgIpc) is 2.57. The van der Waals surface area contributed by atoms with E-state index in [0.717, 1.165) is 24.4 Å². The summed E-state index contributed by atoms with van der Waals surface area (Å²) in [5.74, 6) is 0. The smallest absolute Gasteiger partial charge is 0.0897 e. The fraction of sp³-hybridized carbons (Fsp3) is 0.583. The minimum absolute atomic E-state index is 0.583. The molecular formula is C12H20N2S. The van der Waals surface area contributed by atoms with E-state index in [4.69, 9.17) is 0 Å². The van der Waals surface area contributed by atoms with Gasteiger partial charge in [0.2, 0.25) is 0 Å². The molecule has 3 heteroatoms. The minimum atomic E-state index is 0.583. The van der Waals surface area contributed by atoms with Crippen LogP contribution in [0.25, 0.3) is 0 Å². The fourth-order valence-corrected chi connectivity index (χ4v) is 1.90. The van der Waals surface area contributed by atoms with Gasteiger partial charge in [-0.2, -0.15) is 0 Å². The number of hydrogen-bond donors (Lipinski definition) is 1. The molecule has 0 saturated carbocycles. The summed E-state index contributed by atoms with van der Waals surface area (Å²) in [6.45, 7) is 7.44. The molecular weight excluding hydrogens is 204 g/mol. The zero-order chi connectivity index (χ0) is 11.1. The predicted octanol–water partition coefficient (Wildman–Crippen LogP) is 2.94. The normalized spacial score (nSPS) is 11.7. The standard InChI is InChI=1S/C12H20N2S/c1-10(2)13-8-6-4-5-7-12-9-15-11(3)14-12/h4-5,9-10,13H,6-8H2,1-3H3. The summed E-state index contributed by atoms with van der Waals surface area (Å²) in [4.78, 5) is 4.41. The van der Waals surface area contributed by atoms with Crippen molar-refractivity contribution in [1.29, 1.82) is 0 Å². The van der Waals surface area contributed by atoms with E-state index in [9.17, 15) is 0 Å². The van der Waals surface area contributed by atoms with Crippen LogP contribution in [-0.4, -0.2) is 17.6 Å². The third kappa shape index (κ3) is 5.70. The van der Waals surface area contributed by atoms with E-state index in [1.54, 1.807) is 11.3 Å². The first-order valence-corrected chi connectivity index (χ1v) is 6.36. The largest absolute Gasteiger partial charge is 0.314 e. The number of thiazole rings is 1. The lowest BCUT2D eigenvalue weighted by Gasteiger charge is -2.04. The summed E-state index contributed by atoms with van der Waals surface area (Å²) in [6, 6.07) is 0.583. The lowest BCUT2D eigenvalue weighted by atomic mass is 10.2. The molecule has 0 aliphatic heterocycles. The molecule has 1 heterocycles. The topological polar surface area (TPSA) is 24.9 Å². The van der Waals surface area contributed by atoms with E-state index in [0.29, 0.717) is 6.04 Å². The van der Waals surface area contributed by atoms with Gasteiger partial charge < -0.3 is 5.32 Å². The summed E-state index contributed by atoms with van der Waals surface area (Å²) in [6.07, 6.45) is 6.49. The van der Waals surface area contributed by atoms with Crippen molar-refractivity contribution >= 4 is 11.3 Å². The molecule has 1 rings (SSSR count). The molecule has 0 atom stereocenters. The number of nitrogens with one attached hydrogen (secondary N) is 1. The molecule has 0 spiro atoms. The van der Waals surface area contributed by atoms with Crippen LogP contribution in [0.3, 0.4) is 0 Å². The van der Waals surface area contributed by atoms with E-state index in [1.165, 1.54) is 5.69 Å². The lowest BCUT2D eigenvalue weighted by molar-refractivity contribution is 0.594. The zero-order valence-corrected chi connectivity index (χ0v) is 10.6. The number of nitrogens with zero attached hydrogens (tertiary/aromatic N) is 1. The molecule has 1 aromatic rings. The van der Waals surface area contributed by atoms with Crippen molar-refractivity contribution in [1.82, 2.24) is 10.3 Å². The first-order valence-electron chi connectivity index (χ1n) is 5.48. The van der Waals surface area contributed by atoms with E-state index in [-0.39, 0.29) is 0 Å². The van der Waals surface area contributed by atoms with Crippen LogP contribution in [0.4, 0.5) is 0 Å². The van der Waals surface area contributed by atoms with Crippen LogP contribution in [0.1, 0.15) is 31.0 Å². The maximum Gasteiger partial charge on any atom is 0.0897 e. The van der Waals surface area contributed by atoms with Crippen LogP contribution in [0, 0.1) is 6.92 Å². The second kappa shape index (κ2) is 6.75. The maximum absolute atomic E-state index is 4.41. The Morgan fingerprint density at radius 1 is 1.47 bits per heavy atom. The monoisotopic (exact) mass is 224 g/mol. The van der Waals surface area contributed by atoms with Gasteiger partial charge in [0.05, 0.1) is 10.7 Å².